The number of hydrogen-bond donors (Lipinski definition) is 1. The lowest BCUT2D eigenvalue weighted by molar-refractivity contribution is -0.128. The van der Waals surface area contributed by atoms with Gasteiger partial charge in [0.15, 0.2) is 0 Å². The summed E-state index contributed by atoms with van der Waals surface area (Å²) < 4.78 is 0. The Hall–Kier alpha value is -1.46. The van der Waals surface area contributed by atoms with E-state index < -0.39 is 0 Å². The van der Waals surface area contributed by atoms with Crippen LogP contribution in [-0.2, 0) is 11.3 Å². The first kappa shape index (κ1) is 20.3. The molecule has 2 aliphatic rings. The third kappa shape index (κ3) is 5.76. The molecule has 1 aromatic rings. The molecule has 0 radical (unpaired) electrons. The van der Waals surface area contributed by atoms with Crippen molar-refractivity contribution in [1.29, 1.82) is 0 Å². The Morgan fingerprint density at radius 1 is 1.19 bits per heavy atom. The first-order valence-corrected chi connectivity index (χ1v) is 10.6. The number of carbonyl (C=O) groups excluding carboxylic acids is 1. The summed E-state index contributed by atoms with van der Waals surface area (Å²) >= 11 is 0. The molecule has 150 valence electrons. The summed E-state index contributed by atoms with van der Waals surface area (Å²) in [6, 6.07) is 4.85. The average Bonchev–Trinajstić information content (AvgIpc) is 2.69. The number of nitrogens with zero attached hydrogens (tertiary/aromatic N) is 3. The van der Waals surface area contributed by atoms with Gasteiger partial charge in [0.05, 0.1) is 5.92 Å². The molecule has 0 bridgehead atoms. The lowest BCUT2D eigenvalue weighted by atomic mass is 9.92. The van der Waals surface area contributed by atoms with Gasteiger partial charge in [-0.05, 0) is 83.3 Å². The van der Waals surface area contributed by atoms with Crippen molar-refractivity contribution in [2.75, 3.05) is 26.2 Å². The zero-order valence-electron chi connectivity index (χ0n) is 17.3. The Kier molecular flexibility index (Phi) is 6.88. The van der Waals surface area contributed by atoms with Gasteiger partial charge in [0.25, 0.3) is 0 Å². The van der Waals surface area contributed by atoms with Gasteiger partial charge in [0.1, 0.15) is 0 Å². The predicted octanol–water partition coefficient (Wildman–Crippen LogP) is 3.06. The Labute approximate surface area is 164 Å². The van der Waals surface area contributed by atoms with Crippen LogP contribution in [0.1, 0.15) is 58.4 Å². The van der Waals surface area contributed by atoms with E-state index in [1.54, 1.807) is 0 Å². The smallest absolute Gasteiger partial charge is 0.224 e. The number of piperidine rings is 2. The van der Waals surface area contributed by atoms with Crippen molar-refractivity contribution < 1.29 is 4.79 Å². The number of likely N-dealkylation sites (tertiary alicyclic amines) is 2. The number of nitrogens with one attached hydrogen (secondary N) is 1. The van der Waals surface area contributed by atoms with Crippen LogP contribution in [-0.4, -0.2) is 58.5 Å². The minimum atomic E-state index is -0.0995. The number of rotatable bonds is 6. The van der Waals surface area contributed by atoms with Crippen LogP contribution in [0.15, 0.2) is 24.5 Å². The van der Waals surface area contributed by atoms with E-state index in [-0.39, 0.29) is 17.4 Å². The van der Waals surface area contributed by atoms with E-state index in [1.165, 1.54) is 18.4 Å². The van der Waals surface area contributed by atoms with Gasteiger partial charge < -0.3 is 5.32 Å². The van der Waals surface area contributed by atoms with Gasteiger partial charge in [-0.3, -0.25) is 19.6 Å². The second-order valence-corrected chi connectivity index (χ2v) is 8.92. The standard InChI is InChI=1S/C22H36N4O/c1-4-22(2,3)24-21(27)19-6-5-13-26(17-19)20-9-14-25(15-10-20)16-18-7-11-23-12-8-18/h7-8,11-12,19-20H,4-6,9-10,13-17H2,1-3H3,(H,24,27). The van der Waals surface area contributed by atoms with Gasteiger partial charge in [-0.1, -0.05) is 6.92 Å². The van der Waals surface area contributed by atoms with Gasteiger partial charge in [-0.15, -0.1) is 0 Å². The van der Waals surface area contributed by atoms with Crippen LogP contribution < -0.4 is 5.32 Å². The highest BCUT2D eigenvalue weighted by Crippen LogP contribution is 2.25. The van der Waals surface area contributed by atoms with Crippen LogP contribution in [0.4, 0.5) is 0 Å². The third-order valence-corrected chi connectivity index (χ3v) is 6.40. The maximum atomic E-state index is 12.7. The second-order valence-electron chi connectivity index (χ2n) is 8.92. The number of pyridine rings is 1. The van der Waals surface area contributed by atoms with E-state index in [9.17, 15) is 4.79 Å². The predicted molar refractivity (Wildman–Crippen MR) is 109 cm³/mol. The lowest BCUT2D eigenvalue weighted by Gasteiger charge is -2.42. The molecule has 1 N–H and O–H groups in total. The van der Waals surface area contributed by atoms with E-state index in [0.29, 0.717) is 6.04 Å². The summed E-state index contributed by atoms with van der Waals surface area (Å²) in [6.45, 7) is 11.7. The van der Waals surface area contributed by atoms with Gasteiger partial charge >= 0.3 is 0 Å². The van der Waals surface area contributed by atoms with Crippen molar-refractivity contribution in [1.82, 2.24) is 20.1 Å². The van der Waals surface area contributed by atoms with Gasteiger partial charge in [0, 0.05) is 37.1 Å². The van der Waals surface area contributed by atoms with Crippen LogP contribution in [0.25, 0.3) is 0 Å². The normalized spacial score (nSPS) is 23.3. The van der Waals surface area contributed by atoms with Gasteiger partial charge in [-0.2, -0.15) is 0 Å². The summed E-state index contributed by atoms with van der Waals surface area (Å²) in [5.41, 5.74) is 1.24. The maximum Gasteiger partial charge on any atom is 0.224 e. The number of hydrogen-bond acceptors (Lipinski definition) is 4. The third-order valence-electron chi connectivity index (χ3n) is 6.40. The highest BCUT2D eigenvalue weighted by Gasteiger charge is 2.33. The largest absolute Gasteiger partial charge is 0.351 e. The molecule has 1 unspecified atom stereocenters. The summed E-state index contributed by atoms with van der Waals surface area (Å²) in [5.74, 6) is 0.404. The van der Waals surface area contributed by atoms with E-state index >= 15 is 0 Å². The molecule has 0 aliphatic carbocycles. The molecule has 2 fully saturated rings. The van der Waals surface area contributed by atoms with Crippen LogP contribution in [0.3, 0.4) is 0 Å². The quantitative estimate of drug-likeness (QED) is 0.834. The molecule has 5 nitrogen and oxygen atoms in total. The SMILES string of the molecule is CCC(C)(C)NC(=O)C1CCCN(C2CCN(Cc3ccncc3)CC2)C1. The molecule has 0 aromatic carbocycles. The minimum Gasteiger partial charge on any atom is -0.351 e. The highest BCUT2D eigenvalue weighted by molar-refractivity contribution is 5.79. The number of aromatic nitrogens is 1. The van der Waals surface area contributed by atoms with Crippen molar-refractivity contribution in [3.63, 3.8) is 0 Å². The molecule has 1 amide bonds. The molecule has 5 heteroatoms. The van der Waals surface area contributed by atoms with Crippen molar-refractivity contribution in [3.05, 3.63) is 30.1 Å². The fourth-order valence-corrected chi connectivity index (χ4v) is 4.27. The fraction of sp³-hybridized carbons (Fsp3) is 0.727. The fourth-order valence-electron chi connectivity index (χ4n) is 4.27. The molecule has 0 spiro atoms. The van der Waals surface area contributed by atoms with E-state index in [0.717, 1.165) is 52.0 Å². The van der Waals surface area contributed by atoms with E-state index in [4.69, 9.17) is 0 Å². The molecular formula is C22H36N4O. The van der Waals surface area contributed by atoms with Crippen LogP contribution in [0, 0.1) is 5.92 Å². The molecule has 3 heterocycles. The molecule has 3 rings (SSSR count). The lowest BCUT2D eigenvalue weighted by Crippen LogP contribution is -2.53. The van der Waals surface area contributed by atoms with Crippen molar-refractivity contribution in [3.8, 4) is 0 Å². The molecule has 27 heavy (non-hydrogen) atoms. The van der Waals surface area contributed by atoms with E-state index in [1.807, 2.05) is 12.4 Å². The summed E-state index contributed by atoms with van der Waals surface area (Å²) in [5, 5.41) is 3.25. The molecule has 2 aliphatic heterocycles. The van der Waals surface area contributed by atoms with Crippen LogP contribution >= 0.6 is 0 Å². The zero-order valence-corrected chi connectivity index (χ0v) is 17.3. The van der Waals surface area contributed by atoms with Crippen molar-refractivity contribution >= 4 is 5.91 Å². The zero-order chi connectivity index (χ0) is 19.3. The van der Waals surface area contributed by atoms with Crippen LogP contribution in [0.5, 0.6) is 0 Å². The first-order chi connectivity index (χ1) is 13.0. The van der Waals surface area contributed by atoms with Crippen molar-refractivity contribution in [2.45, 2.75) is 71.0 Å². The van der Waals surface area contributed by atoms with Gasteiger partial charge in [-0.25, -0.2) is 0 Å². The van der Waals surface area contributed by atoms with Crippen molar-refractivity contribution in [2.24, 2.45) is 5.92 Å². The minimum absolute atomic E-state index is 0.0995. The Bertz CT molecular complexity index is 596. The molecule has 1 aromatic heterocycles. The first-order valence-electron chi connectivity index (χ1n) is 10.6. The summed E-state index contributed by atoms with van der Waals surface area (Å²) in [4.78, 5) is 21.9. The molecule has 2 saturated heterocycles. The summed E-state index contributed by atoms with van der Waals surface area (Å²) in [6.07, 6.45) is 9.30. The highest BCUT2D eigenvalue weighted by atomic mass is 16.2. The Morgan fingerprint density at radius 3 is 2.56 bits per heavy atom. The maximum absolute atomic E-state index is 12.7. The Morgan fingerprint density at radius 2 is 1.89 bits per heavy atom. The number of carbonyl (C=O) groups is 1. The topological polar surface area (TPSA) is 48.5 Å². The monoisotopic (exact) mass is 372 g/mol. The molecule has 1 atom stereocenters. The van der Waals surface area contributed by atoms with Gasteiger partial charge in [0.2, 0.25) is 5.91 Å². The van der Waals surface area contributed by atoms with E-state index in [2.05, 4.69) is 53.0 Å². The Balaban J connectivity index is 1.47. The van der Waals surface area contributed by atoms with Crippen LogP contribution in [0.2, 0.25) is 0 Å². The average molecular weight is 373 g/mol. The molecular weight excluding hydrogens is 336 g/mol. The number of amides is 1. The molecule has 0 saturated carbocycles. The second kappa shape index (κ2) is 9.16. The summed E-state index contributed by atoms with van der Waals surface area (Å²) in [7, 11) is 0.